The number of halogens is 5. The zero-order valence-corrected chi connectivity index (χ0v) is 14.3. The molecule has 11 heteroatoms. The average Bonchev–Trinajstić information content (AvgIpc) is 3.20. The Kier molecular flexibility index (Phi) is 3.54. The Labute approximate surface area is 141 Å². The fourth-order valence-corrected chi connectivity index (χ4v) is 3.88. The van der Waals surface area contributed by atoms with Crippen molar-refractivity contribution in [1.29, 1.82) is 0 Å². The van der Waals surface area contributed by atoms with E-state index in [1.165, 1.54) is 0 Å². The Morgan fingerprint density at radius 3 is 2.36 bits per heavy atom. The van der Waals surface area contributed by atoms with Gasteiger partial charge in [-0.3, -0.25) is 9.00 Å². The van der Waals surface area contributed by atoms with Crippen LogP contribution in [0.15, 0.2) is 38.7 Å². The van der Waals surface area contributed by atoms with E-state index in [0.29, 0.717) is 11.8 Å². The number of carbonyl (C=O) groups is 1. The number of hydrogen-bond acceptors (Lipinski definition) is 4. The molecule has 0 N–H and O–H groups in total. The molecule has 1 atom stereocenters. The molecule has 1 unspecified atom stereocenters. The zero-order valence-electron chi connectivity index (χ0n) is 12.7. The van der Waals surface area contributed by atoms with Crippen LogP contribution in [0.3, 0.4) is 0 Å². The molecule has 0 spiro atoms. The molecule has 0 aliphatic heterocycles. The summed E-state index contributed by atoms with van der Waals surface area (Å²) in [4.78, 5) is 9.81. The molecule has 3 rings (SSSR count). The molecule has 0 bridgehead atoms. The first-order valence-corrected chi connectivity index (χ1v) is 10.5. The van der Waals surface area contributed by atoms with Crippen molar-refractivity contribution in [2.24, 2.45) is 0 Å². The third-order valence-corrected chi connectivity index (χ3v) is 5.85. The van der Waals surface area contributed by atoms with Crippen LogP contribution in [0.4, 0.5) is 19.4 Å². The van der Waals surface area contributed by atoms with E-state index >= 15 is 0 Å². The summed E-state index contributed by atoms with van der Waals surface area (Å²) in [5.74, 6) is -0.460. The zero-order chi connectivity index (χ0) is 18.7. The van der Waals surface area contributed by atoms with Gasteiger partial charge in [0.1, 0.15) is 4.90 Å². The van der Waals surface area contributed by atoms with Gasteiger partial charge in [0.25, 0.3) is 0 Å². The summed E-state index contributed by atoms with van der Waals surface area (Å²) in [5, 5.41) is 3.52. The fraction of sp³-hybridized carbons (Fsp3) is 0.286. The molecule has 25 heavy (non-hydrogen) atoms. The quantitative estimate of drug-likeness (QED) is 0.512. The maximum absolute atomic E-state index is 13.0. The summed E-state index contributed by atoms with van der Waals surface area (Å²) >= 11 is 0. The number of nitrogens with zero attached hydrogens (tertiary/aromatic N) is 1. The molecule has 1 aliphatic carbocycles. The molecule has 1 aromatic carbocycles. The molecular formula is C14H12F5NO3S2. The minimum absolute atomic E-state index is 0.000917. The third kappa shape index (κ3) is 3.61. The minimum Gasteiger partial charge on any atom is -0.360 e. The van der Waals surface area contributed by atoms with Crippen LogP contribution in [0, 0.1) is 0 Å². The second-order valence-electron chi connectivity index (χ2n) is 5.79. The van der Waals surface area contributed by atoms with Gasteiger partial charge in [-0.2, -0.15) is 0 Å². The van der Waals surface area contributed by atoms with Crippen LogP contribution in [0.2, 0.25) is 0 Å². The molecule has 1 saturated carbocycles. The Morgan fingerprint density at radius 1 is 1.20 bits per heavy atom. The van der Waals surface area contributed by atoms with E-state index in [9.17, 15) is 28.4 Å². The standard InChI is InChI=1S/C14H12F5NO3S2/c1-24(22)12-6-9(25(15,16,17,18)19)4-5-10(12)13(21)11-7-20-23-14(11)8-2-3-8/h4-8H,2-3H2,1H3. The van der Waals surface area contributed by atoms with Crippen LogP contribution in [0.25, 0.3) is 0 Å². The maximum atomic E-state index is 13.0. The number of rotatable bonds is 5. The Balaban J connectivity index is 2.12. The topological polar surface area (TPSA) is 60.2 Å². The number of ketones is 1. The monoisotopic (exact) mass is 401 g/mol. The predicted octanol–water partition coefficient (Wildman–Crippen LogP) is 5.18. The normalized spacial score (nSPS) is 19.1. The maximum Gasteiger partial charge on any atom is 0.310 e. The lowest BCUT2D eigenvalue weighted by molar-refractivity contribution is 0.103. The predicted molar refractivity (Wildman–Crippen MR) is 82.1 cm³/mol. The minimum atomic E-state index is -9.94. The highest BCUT2D eigenvalue weighted by atomic mass is 32.5. The number of hydrogen-bond donors (Lipinski definition) is 0. The van der Waals surface area contributed by atoms with Gasteiger partial charge >= 0.3 is 10.2 Å². The first-order chi connectivity index (χ1) is 11.3. The van der Waals surface area contributed by atoms with Gasteiger partial charge in [-0.05, 0) is 31.0 Å². The van der Waals surface area contributed by atoms with Gasteiger partial charge in [-0.1, -0.05) is 24.6 Å². The van der Waals surface area contributed by atoms with Crippen molar-refractivity contribution in [3.63, 3.8) is 0 Å². The van der Waals surface area contributed by atoms with Gasteiger partial charge in [0.15, 0.2) is 11.5 Å². The van der Waals surface area contributed by atoms with Crippen LogP contribution >= 0.6 is 10.2 Å². The molecular weight excluding hydrogens is 389 g/mol. The first-order valence-electron chi connectivity index (χ1n) is 6.99. The Morgan fingerprint density at radius 2 is 1.84 bits per heavy atom. The van der Waals surface area contributed by atoms with Crippen molar-refractivity contribution < 1.29 is 33.0 Å². The van der Waals surface area contributed by atoms with Crippen LogP contribution in [0.1, 0.15) is 40.4 Å². The van der Waals surface area contributed by atoms with Gasteiger partial charge in [-0.15, -0.1) is 0 Å². The van der Waals surface area contributed by atoms with Crippen LogP contribution < -0.4 is 0 Å². The highest BCUT2D eigenvalue weighted by Gasteiger charge is 2.65. The second kappa shape index (κ2) is 4.91. The van der Waals surface area contributed by atoms with E-state index in [4.69, 9.17) is 4.52 Å². The average molecular weight is 401 g/mol. The first kappa shape index (κ1) is 18.1. The summed E-state index contributed by atoms with van der Waals surface area (Å²) in [6.07, 6.45) is 3.70. The summed E-state index contributed by atoms with van der Waals surface area (Å²) in [6, 6.07) is 0.834. The fourth-order valence-electron chi connectivity index (χ4n) is 2.37. The van der Waals surface area contributed by atoms with Gasteiger partial charge < -0.3 is 4.52 Å². The third-order valence-electron chi connectivity index (χ3n) is 3.74. The van der Waals surface area contributed by atoms with Crippen molar-refractivity contribution in [1.82, 2.24) is 5.16 Å². The Hall–Kier alpha value is -1.75. The van der Waals surface area contributed by atoms with E-state index < -0.39 is 36.6 Å². The van der Waals surface area contributed by atoms with Gasteiger partial charge in [0.2, 0.25) is 0 Å². The highest BCUT2D eigenvalue weighted by molar-refractivity contribution is 8.45. The number of carbonyl (C=O) groups excluding carboxylic acids is 1. The lowest BCUT2D eigenvalue weighted by atomic mass is 10.0. The molecule has 0 radical (unpaired) electrons. The summed E-state index contributed by atoms with van der Waals surface area (Å²) in [5.41, 5.74) is -0.314. The van der Waals surface area contributed by atoms with Gasteiger partial charge in [-0.25, -0.2) is 0 Å². The summed E-state index contributed by atoms with van der Waals surface area (Å²) in [6.45, 7) is 0. The van der Waals surface area contributed by atoms with Crippen LogP contribution in [-0.2, 0) is 10.8 Å². The van der Waals surface area contributed by atoms with E-state index in [0.717, 1.165) is 25.3 Å². The van der Waals surface area contributed by atoms with E-state index in [2.05, 4.69) is 5.16 Å². The number of benzene rings is 1. The second-order valence-corrected chi connectivity index (χ2v) is 9.55. The smallest absolute Gasteiger partial charge is 0.310 e. The molecule has 1 aromatic heterocycles. The molecule has 0 amide bonds. The molecule has 1 fully saturated rings. The SMILES string of the molecule is CS(=O)c1cc(S(F)(F)(F)(F)F)ccc1C(=O)c1cnoc1C1CC1. The highest BCUT2D eigenvalue weighted by Crippen LogP contribution is 3.02. The van der Waals surface area contributed by atoms with Crippen LogP contribution in [0.5, 0.6) is 0 Å². The molecule has 138 valence electrons. The molecule has 2 aromatic rings. The van der Waals surface area contributed by atoms with Crippen molar-refractivity contribution in [2.75, 3.05) is 6.26 Å². The largest absolute Gasteiger partial charge is 0.360 e. The van der Waals surface area contributed by atoms with Crippen molar-refractivity contribution >= 4 is 26.8 Å². The molecule has 0 saturated heterocycles. The van der Waals surface area contributed by atoms with Crippen molar-refractivity contribution in [3.8, 4) is 0 Å². The van der Waals surface area contributed by atoms with E-state index in [1.54, 1.807) is 0 Å². The van der Waals surface area contributed by atoms with Crippen LogP contribution in [-0.4, -0.2) is 21.4 Å². The van der Waals surface area contributed by atoms with E-state index in [1.807, 2.05) is 0 Å². The number of aromatic nitrogens is 1. The molecule has 1 aliphatic rings. The van der Waals surface area contributed by atoms with Crippen molar-refractivity contribution in [3.05, 3.63) is 41.3 Å². The summed E-state index contributed by atoms with van der Waals surface area (Å²) in [7, 11) is -12.0. The van der Waals surface area contributed by atoms with Gasteiger partial charge in [0, 0.05) is 17.7 Å². The van der Waals surface area contributed by atoms with Crippen molar-refractivity contribution in [2.45, 2.75) is 28.6 Å². The molecule has 1 heterocycles. The lowest BCUT2D eigenvalue weighted by Gasteiger charge is -2.40. The summed E-state index contributed by atoms with van der Waals surface area (Å²) < 4.78 is 81.6. The lowest BCUT2D eigenvalue weighted by Crippen LogP contribution is -2.11. The van der Waals surface area contributed by atoms with E-state index in [-0.39, 0.29) is 29.2 Å². The van der Waals surface area contributed by atoms with Gasteiger partial charge in [0.05, 0.1) is 27.5 Å². The molecule has 4 nitrogen and oxygen atoms in total. The Bertz CT molecular complexity index is 903.